The number of nitrogens with zero attached hydrogens (tertiary/aromatic N) is 6. The molecule has 2 heterocycles. The van der Waals surface area contributed by atoms with Crippen LogP contribution in [0.4, 0.5) is 0 Å². The van der Waals surface area contributed by atoms with Gasteiger partial charge in [-0.25, -0.2) is 9.67 Å². The first-order valence-corrected chi connectivity index (χ1v) is 7.14. The average Bonchev–Trinajstić information content (AvgIpc) is 3.14. The summed E-state index contributed by atoms with van der Waals surface area (Å²) in [5, 5.41) is 11.8. The van der Waals surface area contributed by atoms with Crippen LogP contribution in [0.5, 0.6) is 0 Å². The van der Waals surface area contributed by atoms with Crippen molar-refractivity contribution in [2.75, 3.05) is 19.7 Å². The van der Waals surface area contributed by atoms with Gasteiger partial charge in [0.1, 0.15) is 6.54 Å². The van der Waals surface area contributed by atoms with E-state index in [2.05, 4.69) is 20.5 Å². The Balaban J connectivity index is 1.59. The highest BCUT2D eigenvalue weighted by Gasteiger charge is 2.24. The molecule has 1 aliphatic heterocycles. The van der Waals surface area contributed by atoms with E-state index in [1.807, 2.05) is 16.5 Å². The maximum atomic E-state index is 6.03. The number of aliphatic imine (C=N–C) groups is 1. The molecule has 2 N–H and O–H groups in total. The van der Waals surface area contributed by atoms with Crippen LogP contribution in [0.25, 0.3) is 0 Å². The van der Waals surface area contributed by atoms with Crippen LogP contribution in [-0.2, 0) is 17.8 Å². The van der Waals surface area contributed by atoms with Crippen LogP contribution in [0.2, 0.25) is 0 Å². The summed E-state index contributed by atoms with van der Waals surface area (Å²) < 4.78 is 7.33. The first kappa shape index (κ1) is 13.3. The molecule has 0 spiro atoms. The highest BCUT2D eigenvalue weighted by atomic mass is 16.5. The summed E-state index contributed by atoms with van der Waals surface area (Å²) in [7, 11) is 0. The Kier molecular flexibility index (Phi) is 3.81. The van der Waals surface area contributed by atoms with Gasteiger partial charge in [0.25, 0.3) is 0 Å². The Bertz CT molecular complexity index is 482. The third kappa shape index (κ3) is 3.24. The molecule has 1 atom stereocenters. The van der Waals surface area contributed by atoms with Gasteiger partial charge in [0.2, 0.25) is 0 Å². The zero-order chi connectivity index (χ0) is 13.9. The van der Waals surface area contributed by atoms with Gasteiger partial charge in [0.05, 0.1) is 12.7 Å². The molecule has 1 aromatic heterocycles. The summed E-state index contributed by atoms with van der Waals surface area (Å²) in [6.45, 7) is 5.62. The monoisotopic (exact) mass is 279 g/mol. The minimum absolute atomic E-state index is 0.192. The molecule has 8 heteroatoms. The molecule has 1 saturated carbocycles. The Hall–Kier alpha value is -1.70. The zero-order valence-corrected chi connectivity index (χ0v) is 11.8. The summed E-state index contributed by atoms with van der Waals surface area (Å²) in [6.07, 6.45) is 2.74. The largest absolute Gasteiger partial charge is 0.375 e. The first-order valence-electron chi connectivity index (χ1n) is 7.14. The second-order valence-corrected chi connectivity index (χ2v) is 5.52. The van der Waals surface area contributed by atoms with Crippen LogP contribution in [0.3, 0.4) is 0 Å². The molecule has 2 aliphatic rings. The third-order valence-electron chi connectivity index (χ3n) is 3.68. The molecule has 1 aromatic rings. The maximum Gasteiger partial charge on any atom is 0.191 e. The topological polar surface area (TPSA) is 94.5 Å². The molecule has 0 aromatic carbocycles. The Morgan fingerprint density at radius 1 is 1.50 bits per heavy atom. The van der Waals surface area contributed by atoms with Crippen molar-refractivity contribution in [3.8, 4) is 0 Å². The van der Waals surface area contributed by atoms with Gasteiger partial charge >= 0.3 is 0 Å². The van der Waals surface area contributed by atoms with Gasteiger partial charge in [0.15, 0.2) is 11.8 Å². The lowest BCUT2D eigenvalue weighted by molar-refractivity contribution is 0.00528. The van der Waals surface area contributed by atoms with Crippen molar-refractivity contribution in [3.05, 3.63) is 5.82 Å². The molecular weight excluding hydrogens is 258 g/mol. The fourth-order valence-electron chi connectivity index (χ4n) is 2.30. The molecule has 20 heavy (non-hydrogen) atoms. The quantitative estimate of drug-likeness (QED) is 0.596. The summed E-state index contributed by atoms with van der Waals surface area (Å²) in [5.41, 5.74) is 6.03. The lowest BCUT2D eigenvalue weighted by Crippen LogP contribution is -2.47. The molecule has 1 aliphatic carbocycles. The van der Waals surface area contributed by atoms with Gasteiger partial charge in [-0.1, -0.05) is 0 Å². The second kappa shape index (κ2) is 5.74. The van der Waals surface area contributed by atoms with E-state index < -0.39 is 0 Å². The molecule has 0 radical (unpaired) electrons. The number of tetrazole rings is 1. The van der Waals surface area contributed by atoms with Crippen LogP contribution >= 0.6 is 0 Å². The maximum absolute atomic E-state index is 6.03. The number of aromatic nitrogens is 4. The number of nitrogens with two attached hydrogens (primary N) is 1. The average molecular weight is 279 g/mol. The molecule has 110 valence electrons. The van der Waals surface area contributed by atoms with Gasteiger partial charge in [-0.3, -0.25) is 0 Å². The SMILES string of the molecule is CC1CN(C(N)=NCc2nnnn2CC2CC2)CCO1. The number of guanidine groups is 1. The molecule has 0 amide bonds. The minimum atomic E-state index is 0.192. The molecule has 8 nitrogen and oxygen atoms in total. The van der Waals surface area contributed by atoms with E-state index in [0.29, 0.717) is 19.1 Å². The molecule has 0 bridgehead atoms. The van der Waals surface area contributed by atoms with Gasteiger partial charge in [-0.2, -0.15) is 0 Å². The van der Waals surface area contributed by atoms with Crippen molar-refractivity contribution in [1.82, 2.24) is 25.1 Å². The van der Waals surface area contributed by atoms with Gasteiger partial charge in [-0.15, -0.1) is 5.10 Å². The van der Waals surface area contributed by atoms with Gasteiger partial charge < -0.3 is 15.4 Å². The van der Waals surface area contributed by atoms with Crippen molar-refractivity contribution in [2.24, 2.45) is 16.6 Å². The van der Waals surface area contributed by atoms with Crippen molar-refractivity contribution < 1.29 is 4.74 Å². The molecular formula is C12H21N7O. The van der Waals surface area contributed by atoms with Crippen LogP contribution in [-0.4, -0.2) is 56.9 Å². The Morgan fingerprint density at radius 3 is 3.10 bits per heavy atom. The van der Waals surface area contributed by atoms with E-state index in [9.17, 15) is 0 Å². The smallest absolute Gasteiger partial charge is 0.191 e. The van der Waals surface area contributed by atoms with E-state index in [0.717, 1.165) is 31.4 Å². The first-order chi connectivity index (χ1) is 9.72. The highest BCUT2D eigenvalue weighted by Crippen LogP contribution is 2.30. The predicted molar refractivity (Wildman–Crippen MR) is 72.9 cm³/mol. The van der Waals surface area contributed by atoms with Crippen LogP contribution in [0.15, 0.2) is 4.99 Å². The molecule has 3 rings (SSSR count). The number of rotatable bonds is 4. The van der Waals surface area contributed by atoms with Crippen LogP contribution in [0.1, 0.15) is 25.6 Å². The third-order valence-corrected chi connectivity index (χ3v) is 3.68. The minimum Gasteiger partial charge on any atom is -0.375 e. The highest BCUT2D eigenvalue weighted by molar-refractivity contribution is 5.78. The van der Waals surface area contributed by atoms with Crippen LogP contribution in [0, 0.1) is 5.92 Å². The summed E-state index contributed by atoms with van der Waals surface area (Å²) in [6, 6.07) is 0. The van der Waals surface area contributed by atoms with Crippen molar-refractivity contribution in [3.63, 3.8) is 0 Å². The van der Waals surface area contributed by atoms with E-state index in [-0.39, 0.29) is 6.10 Å². The van der Waals surface area contributed by atoms with E-state index in [1.54, 1.807) is 0 Å². The fourth-order valence-corrected chi connectivity index (χ4v) is 2.30. The van der Waals surface area contributed by atoms with Gasteiger partial charge in [-0.05, 0) is 36.1 Å². The standard InChI is InChI=1S/C12H21N7O/c1-9-7-18(4-5-20-9)12(13)14-6-11-15-16-17-19(11)8-10-2-3-10/h9-10H,2-8H2,1H3,(H2,13,14). The second-order valence-electron chi connectivity index (χ2n) is 5.52. The van der Waals surface area contributed by atoms with E-state index in [4.69, 9.17) is 10.5 Å². The normalized spacial score (nSPS) is 24.1. The van der Waals surface area contributed by atoms with Crippen molar-refractivity contribution >= 4 is 5.96 Å². The lowest BCUT2D eigenvalue weighted by Gasteiger charge is -2.31. The number of hydrogen-bond donors (Lipinski definition) is 1. The van der Waals surface area contributed by atoms with Gasteiger partial charge in [0, 0.05) is 19.6 Å². The van der Waals surface area contributed by atoms with Crippen LogP contribution < -0.4 is 5.73 Å². The lowest BCUT2D eigenvalue weighted by atomic mass is 10.3. The number of morpholine rings is 1. The number of ether oxygens (including phenoxy) is 1. The predicted octanol–water partition coefficient (Wildman–Crippen LogP) is -0.381. The molecule has 2 fully saturated rings. The Labute approximate surface area is 118 Å². The molecule has 1 unspecified atom stereocenters. The zero-order valence-electron chi connectivity index (χ0n) is 11.8. The number of hydrogen-bond acceptors (Lipinski definition) is 5. The van der Waals surface area contributed by atoms with E-state index in [1.165, 1.54) is 12.8 Å². The fraction of sp³-hybridized carbons (Fsp3) is 0.833. The van der Waals surface area contributed by atoms with Crippen molar-refractivity contribution in [1.29, 1.82) is 0 Å². The summed E-state index contributed by atoms with van der Waals surface area (Å²) in [4.78, 5) is 6.46. The van der Waals surface area contributed by atoms with Crippen molar-refractivity contribution in [2.45, 2.75) is 39.0 Å². The van der Waals surface area contributed by atoms with E-state index >= 15 is 0 Å². The Morgan fingerprint density at radius 2 is 2.35 bits per heavy atom. The molecule has 1 saturated heterocycles. The summed E-state index contributed by atoms with van der Waals surface area (Å²) >= 11 is 0. The summed E-state index contributed by atoms with van der Waals surface area (Å²) in [5.74, 6) is 2.06.